The number of methoxy groups -OCH3 is 1. The first-order valence-electron chi connectivity index (χ1n) is 5.94. The minimum absolute atomic E-state index is 0.00793. The molecule has 2 rings (SSSR count). The molecule has 1 amide bonds. The standard InChI is InChI=1S/C12H17N3O4/c1-6-9(11(19-4)15(3)13-6)10-7(12(17)18)5-8(16)14(10)2/h7,10H,5H2,1-4H3,(H,17,18). The van der Waals surface area contributed by atoms with Gasteiger partial charge in [-0.1, -0.05) is 0 Å². The number of carbonyl (C=O) groups is 2. The molecule has 1 aliphatic heterocycles. The first kappa shape index (κ1) is 13.4. The summed E-state index contributed by atoms with van der Waals surface area (Å²) in [4.78, 5) is 24.6. The van der Waals surface area contributed by atoms with E-state index in [1.165, 1.54) is 12.0 Å². The van der Waals surface area contributed by atoms with Gasteiger partial charge in [0.05, 0.1) is 30.3 Å². The highest BCUT2D eigenvalue weighted by Crippen LogP contribution is 2.42. The molecule has 0 spiro atoms. The molecule has 0 radical (unpaired) electrons. The number of amides is 1. The molecule has 0 saturated carbocycles. The first-order valence-corrected chi connectivity index (χ1v) is 5.94. The summed E-state index contributed by atoms with van der Waals surface area (Å²) in [7, 11) is 4.84. The van der Waals surface area contributed by atoms with Gasteiger partial charge in [-0.3, -0.25) is 9.59 Å². The predicted molar refractivity (Wildman–Crippen MR) is 65.8 cm³/mol. The Morgan fingerprint density at radius 1 is 1.47 bits per heavy atom. The lowest BCUT2D eigenvalue weighted by molar-refractivity contribution is -0.142. The summed E-state index contributed by atoms with van der Waals surface area (Å²) >= 11 is 0. The Kier molecular flexibility index (Phi) is 3.21. The van der Waals surface area contributed by atoms with Crippen molar-refractivity contribution in [2.24, 2.45) is 13.0 Å². The number of hydrogen-bond donors (Lipinski definition) is 1. The average Bonchev–Trinajstić information content (AvgIpc) is 2.77. The second kappa shape index (κ2) is 4.56. The maximum atomic E-state index is 11.8. The molecule has 1 fully saturated rings. The number of rotatable bonds is 3. The first-order chi connectivity index (χ1) is 8.88. The second-order valence-corrected chi connectivity index (χ2v) is 4.73. The fraction of sp³-hybridized carbons (Fsp3) is 0.583. The van der Waals surface area contributed by atoms with Crippen molar-refractivity contribution in [3.8, 4) is 5.88 Å². The molecule has 1 aromatic rings. The fourth-order valence-corrected chi connectivity index (χ4v) is 2.72. The summed E-state index contributed by atoms with van der Waals surface area (Å²) in [5.41, 5.74) is 1.35. The largest absolute Gasteiger partial charge is 0.481 e. The van der Waals surface area contributed by atoms with E-state index in [2.05, 4.69) is 5.10 Å². The van der Waals surface area contributed by atoms with Crippen LogP contribution in [0, 0.1) is 12.8 Å². The van der Waals surface area contributed by atoms with Gasteiger partial charge in [-0.15, -0.1) is 0 Å². The summed E-state index contributed by atoms with van der Waals surface area (Å²) in [6.07, 6.45) is 0.00793. The van der Waals surface area contributed by atoms with E-state index in [-0.39, 0.29) is 12.3 Å². The molecular formula is C12H17N3O4. The number of aromatic nitrogens is 2. The highest BCUT2D eigenvalue weighted by atomic mass is 16.5. The summed E-state index contributed by atoms with van der Waals surface area (Å²) in [6, 6.07) is -0.534. The molecule has 2 atom stereocenters. The molecule has 2 unspecified atom stereocenters. The zero-order valence-electron chi connectivity index (χ0n) is 11.4. The quantitative estimate of drug-likeness (QED) is 0.853. The SMILES string of the molecule is COc1c(C2C(C(=O)O)CC(=O)N2C)c(C)nn1C. The molecule has 19 heavy (non-hydrogen) atoms. The van der Waals surface area contributed by atoms with Crippen molar-refractivity contribution in [1.82, 2.24) is 14.7 Å². The van der Waals surface area contributed by atoms with Crippen LogP contribution in [0.15, 0.2) is 0 Å². The molecule has 2 heterocycles. The number of aryl methyl sites for hydroxylation is 2. The molecule has 0 aromatic carbocycles. The number of aliphatic carboxylic acids is 1. The number of carbonyl (C=O) groups excluding carboxylic acids is 1. The second-order valence-electron chi connectivity index (χ2n) is 4.73. The highest BCUT2D eigenvalue weighted by Gasteiger charge is 2.45. The summed E-state index contributed by atoms with van der Waals surface area (Å²) in [6.45, 7) is 1.79. The van der Waals surface area contributed by atoms with Crippen molar-refractivity contribution in [1.29, 1.82) is 0 Å². The number of nitrogens with zero attached hydrogens (tertiary/aromatic N) is 3. The van der Waals surface area contributed by atoms with Gasteiger partial charge < -0.3 is 14.7 Å². The van der Waals surface area contributed by atoms with Crippen LogP contribution in [0.2, 0.25) is 0 Å². The van der Waals surface area contributed by atoms with E-state index in [1.54, 1.807) is 25.7 Å². The van der Waals surface area contributed by atoms with E-state index in [4.69, 9.17) is 4.74 Å². The highest BCUT2D eigenvalue weighted by molar-refractivity contribution is 5.87. The van der Waals surface area contributed by atoms with Gasteiger partial charge in [0.1, 0.15) is 0 Å². The van der Waals surface area contributed by atoms with Crippen molar-refractivity contribution in [2.45, 2.75) is 19.4 Å². The van der Waals surface area contributed by atoms with Crippen molar-refractivity contribution in [2.75, 3.05) is 14.2 Å². The number of hydrogen-bond acceptors (Lipinski definition) is 4. The van der Waals surface area contributed by atoms with E-state index in [1.807, 2.05) is 0 Å². The molecule has 1 aromatic heterocycles. The van der Waals surface area contributed by atoms with Gasteiger partial charge in [0, 0.05) is 20.5 Å². The predicted octanol–water partition coefficient (Wildman–Crippen LogP) is 0.341. The normalized spacial score (nSPS) is 22.9. The number of ether oxygens (including phenoxy) is 1. The van der Waals surface area contributed by atoms with Gasteiger partial charge in [-0.05, 0) is 6.92 Å². The van der Waals surface area contributed by atoms with Crippen LogP contribution in [-0.4, -0.2) is 45.8 Å². The third-order valence-corrected chi connectivity index (χ3v) is 3.61. The third kappa shape index (κ3) is 1.94. The van der Waals surface area contributed by atoms with Crippen LogP contribution in [0.3, 0.4) is 0 Å². The number of likely N-dealkylation sites (tertiary alicyclic amines) is 1. The smallest absolute Gasteiger partial charge is 0.309 e. The van der Waals surface area contributed by atoms with Gasteiger partial charge in [0.15, 0.2) is 0 Å². The lowest BCUT2D eigenvalue weighted by Gasteiger charge is -2.23. The lowest BCUT2D eigenvalue weighted by atomic mass is 9.94. The summed E-state index contributed by atoms with van der Waals surface area (Å²) in [5, 5.41) is 13.5. The van der Waals surface area contributed by atoms with Crippen LogP contribution in [0.1, 0.15) is 23.7 Å². The molecule has 0 bridgehead atoms. The average molecular weight is 267 g/mol. The lowest BCUT2D eigenvalue weighted by Crippen LogP contribution is -2.27. The Labute approximate surface area is 110 Å². The Morgan fingerprint density at radius 3 is 2.63 bits per heavy atom. The van der Waals surface area contributed by atoms with E-state index >= 15 is 0 Å². The Balaban J connectivity index is 2.55. The monoisotopic (exact) mass is 267 g/mol. The van der Waals surface area contributed by atoms with E-state index in [0.29, 0.717) is 17.1 Å². The van der Waals surface area contributed by atoms with Crippen LogP contribution in [0.25, 0.3) is 0 Å². The van der Waals surface area contributed by atoms with Gasteiger partial charge in [0.25, 0.3) is 0 Å². The maximum Gasteiger partial charge on any atom is 0.309 e. The van der Waals surface area contributed by atoms with Gasteiger partial charge in [0.2, 0.25) is 11.8 Å². The Hall–Kier alpha value is -2.05. The van der Waals surface area contributed by atoms with Crippen molar-refractivity contribution < 1.29 is 19.4 Å². The zero-order valence-corrected chi connectivity index (χ0v) is 11.4. The molecular weight excluding hydrogens is 250 g/mol. The molecule has 7 heteroatoms. The van der Waals surface area contributed by atoms with Crippen molar-refractivity contribution in [3.63, 3.8) is 0 Å². The topological polar surface area (TPSA) is 84.7 Å². The summed E-state index contributed by atoms with van der Waals surface area (Å²) in [5.74, 6) is -1.43. The summed E-state index contributed by atoms with van der Waals surface area (Å²) < 4.78 is 6.85. The van der Waals surface area contributed by atoms with Gasteiger partial charge >= 0.3 is 5.97 Å². The molecule has 1 N–H and O–H groups in total. The number of carboxylic acids is 1. The number of carboxylic acid groups (broad SMARTS) is 1. The Bertz CT molecular complexity index is 537. The minimum Gasteiger partial charge on any atom is -0.481 e. The van der Waals surface area contributed by atoms with Crippen LogP contribution >= 0.6 is 0 Å². The molecule has 1 aliphatic rings. The molecule has 7 nitrogen and oxygen atoms in total. The van der Waals surface area contributed by atoms with E-state index < -0.39 is 17.9 Å². The Morgan fingerprint density at radius 2 is 2.11 bits per heavy atom. The van der Waals surface area contributed by atoms with Crippen molar-refractivity contribution >= 4 is 11.9 Å². The maximum absolute atomic E-state index is 11.8. The van der Waals surface area contributed by atoms with Gasteiger partial charge in [-0.25, -0.2) is 4.68 Å². The molecule has 0 aliphatic carbocycles. The van der Waals surface area contributed by atoms with Crippen LogP contribution in [0.5, 0.6) is 5.88 Å². The fourth-order valence-electron chi connectivity index (χ4n) is 2.72. The third-order valence-electron chi connectivity index (χ3n) is 3.61. The molecule has 1 saturated heterocycles. The van der Waals surface area contributed by atoms with E-state index in [9.17, 15) is 14.7 Å². The molecule has 104 valence electrons. The van der Waals surface area contributed by atoms with Gasteiger partial charge in [-0.2, -0.15) is 5.10 Å². The zero-order chi connectivity index (χ0) is 14.3. The van der Waals surface area contributed by atoms with Crippen LogP contribution in [0.4, 0.5) is 0 Å². The van der Waals surface area contributed by atoms with E-state index in [0.717, 1.165) is 0 Å². The van der Waals surface area contributed by atoms with Crippen LogP contribution < -0.4 is 4.74 Å². The van der Waals surface area contributed by atoms with Crippen molar-refractivity contribution in [3.05, 3.63) is 11.3 Å². The minimum atomic E-state index is -0.979. The van der Waals surface area contributed by atoms with Crippen LogP contribution in [-0.2, 0) is 16.6 Å².